The molecule has 0 aliphatic rings. The summed E-state index contributed by atoms with van der Waals surface area (Å²) in [5.74, 6) is 0.621. The van der Waals surface area contributed by atoms with E-state index in [0.29, 0.717) is 12.3 Å². The van der Waals surface area contributed by atoms with E-state index in [1.165, 1.54) is 5.56 Å². The van der Waals surface area contributed by atoms with E-state index in [2.05, 4.69) is 24.8 Å². The van der Waals surface area contributed by atoms with Gasteiger partial charge in [0.25, 0.3) is 0 Å². The lowest BCUT2D eigenvalue weighted by Gasteiger charge is -2.22. The molecule has 0 fully saturated rings. The minimum absolute atomic E-state index is 0.588. The highest BCUT2D eigenvalue weighted by Gasteiger charge is 2.08. The lowest BCUT2D eigenvalue weighted by molar-refractivity contribution is 0.240. The average molecular weight is 206 g/mol. The molecule has 0 saturated heterocycles. The van der Waals surface area contributed by atoms with Crippen molar-refractivity contribution in [3.63, 3.8) is 0 Å². The molecule has 0 atom stereocenters. The first kappa shape index (κ1) is 11.8. The Balaban J connectivity index is 2.45. The van der Waals surface area contributed by atoms with Gasteiger partial charge in [-0.15, -0.1) is 0 Å². The summed E-state index contributed by atoms with van der Waals surface area (Å²) in [6.45, 7) is 7.10. The van der Waals surface area contributed by atoms with E-state index in [1.54, 1.807) is 12.5 Å². The Morgan fingerprint density at radius 3 is 2.87 bits per heavy atom. The van der Waals surface area contributed by atoms with E-state index < -0.39 is 0 Å². The summed E-state index contributed by atoms with van der Waals surface area (Å²) in [4.78, 5) is 2.29. The van der Waals surface area contributed by atoms with Crippen molar-refractivity contribution in [1.29, 1.82) is 5.26 Å². The Labute approximate surface area is 91.3 Å². The number of furan rings is 1. The van der Waals surface area contributed by atoms with Gasteiger partial charge in [0.15, 0.2) is 0 Å². The predicted molar refractivity (Wildman–Crippen MR) is 59.1 cm³/mol. The summed E-state index contributed by atoms with van der Waals surface area (Å²) in [7, 11) is 0. The molecule has 0 aromatic carbocycles. The molecule has 1 rings (SSSR count). The average Bonchev–Trinajstić information content (AvgIpc) is 2.66. The van der Waals surface area contributed by atoms with Gasteiger partial charge < -0.3 is 4.42 Å². The zero-order valence-corrected chi connectivity index (χ0v) is 9.44. The third-order valence-electron chi connectivity index (χ3n) is 2.15. The molecule has 0 bridgehead atoms. The van der Waals surface area contributed by atoms with Crippen molar-refractivity contribution in [2.75, 3.05) is 13.1 Å². The molecule has 15 heavy (non-hydrogen) atoms. The lowest BCUT2D eigenvalue weighted by atomic mass is 10.2. The van der Waals surface area contributed by atoms with Crippen LogP contribution in [0.25, 0.3) is 0 Å². The fourth-order valence-corrected chi connectivity index (χ4v) is 1.60. The summed E-state index contributed by atoms with van der Waals surface area (Å²) in [6, 6.07) is 4.16. The zero-order chi connectivity index (χ0) is 11.1. The molecule has 0 radical (unpaired) electrons. The van der Waals surface area contributed by atoms with Crippen molar-refractivity contribution >= 4 is 0 Å². The quantitative estimate of drug-likeness (QED) is 0.718. The van der Waals surface area contributed by atoms with Crippen LogP contribution < -0.4 is 0 Å². The zero-order valence-electron chi connectivity index (χ0n) is 9.44. The molecule has 82 valence electrons. The highest BCUT2D eigenvalue weighted by atomic mass is 16.3. The number of hydrogen-bond acceptors (Lipinski definition) is 3. The van der Waals surface area contributed by atoms with Gasteiger partial charge in [0.1, 0.15) is 0 Å². The molecular formula is C12H18N2O. The monoisotopic (exact) mass is 206 g/mol. The van der Waals surface area contributed by atoms with Crippen LogP contribution in [0.5, 0.6) is 0 Å². The maximum Gasteiger partial charge on any atom is 0.0947 e. The Kier molecular flexibility index (Phi) is 4.92. The normalized spacial score (nSPS) is 10.9. The first-order valence-corrected chi connectivity index (χ1v) is 5.32. The Morgan fingerprint density at radius 2 is 2.33 bits per heavy atom. The van der Waals surface area contributed by atoms with Gasteiger partial charge in [0.2, 0.25) is 0 Å². The molecule has 0 N–H and O–H groups in total. The third kappa shape index (κ3) is 4.66. The summed E-state index contributed by atoms with van der Waals surface area (Å²) >= 11 is 0. The molecule has 0 saturated carbocycles. The van der Waals surface area contributed by atoms with Gasteiger partial charge in [0.05, 0.1) is 18.6 Å². The van der Waals surface area contributed by atoms with Crippen LogP contribution in [-0.2, 0) is 6.54 Å². The fraction of sp³-hybridized carbons (Fsp3) is 0.583. The van der Waals surface area contributed by atoms with Crippen LogP contribution in [0.15, 0.2) is 23.0 Å². The van der Waals surface area contributed by atoms with Crippen molar-refractivity contribution in [3.05, 3.63) is 24.2 Å². The minimum atomic E-state index is 0.588. The summed E-state index contributed by atoms with van der Waals surface area (Å²) in [5.41, 5.74) is 1.17. The van der Waals surface area contributed by atoms with Crippen LogP contribution in [-0.4, -0.2) is 18.0 Å². The van der Waals surface area contributed by atoms with Crippen LogP contribution in [0.1, 0.15) is 25.8 Å². The largest absolute Gasteiger partial charge is 0.472 e. The third-order valence-corrected chi connectivity index (χ3v) is 2.15. The SMILES string of the molecule is CC(C)CN(CCC#N)Cc1ccoc1. The van der Waals surface area contributed by atoms with E-state index in [1.807, 2.05) is 6.07 Å². The van der Waals surface area contributed by atoms with Crippen LogP contribution in [0.2, 0.25) is 0 Å². The van der Waals surface area contributed by atoms with Crippen molar-refractivity contribution in [1.82, 2.24) is 4.90 Å². The molecule has 0 unspecified atom stereocenters. The number of nitriles is 1. The van der Waals surface area contributed by atoms with Gasteiger partial charge in [-0.3, -0.25) is 4.90 Å². The summed E-state index contributed by atoms with van der Waals surface area (Å²) in [5, 5.41) is 8.58. The van der Waals surface area contributed by atoms with Crippen molar-refractivity contribution in [2.45, 2.75) is 26.8 Å². The molecule has 1 heterocycles. The second-order valence-corrected chi connectivity index (χ2v) is 4.17. The minimum Gasteiger partial charge on any atom is -0.472 e. The number of nitrogens with zero attached hydrogens (tertiary/aromatic N) is 2. The predicted octanol–water partition coefficient (Wildman–Crippen LogP) is 2.65. The van der Waals surface area contributed by atoms with Crippen molar-refractivity contribution in [3.8, 4) is 6.07 Å². The first-order valence-electron chi connectivity index (χ1n) is 5.32. The van der Waals surface area contributed by atoms with Crippen LogP contribution in [0.3, 0.4) is 0 Å². The van der Waals surface area contributed by atoms with E-state index in [9.17, 15) is 0 Å². The van der Waals surface area contributed by atoms with Gasteiger partial charge in [0, 0.05) is 31.6 Å². The molecule has 1 aromatic heterocycles. The highest BCUT2D eigenvalue weighted by molar-refractivity contribution is 5.04. The topological polar surface area (TPSA) is 40.2 Å². The van der Waals surface area contributed by atoms with E-state index in [-0.39, 0.29) is 0 Å². The van der Waals surface area contributed by atoms with Crippen molar-refractivity contribution in [2.24, 2.45) is 5.92 Å². The Morgan fingerprint density at radius 1 is 1.53 bits per heavy atom. The van der Waals surface area contributed by atoms with E-state index >= 15 is 0 Å². The second-order valence-electron chi connectivity index (χ2n) is 4.17. The van der Waals surface area contributed by atoms with Gasteiger partial charge in [-0.1, -0.05) is 13.8 Å². The summed E-state index contributed by atoms with van der Waals surface area (Å²) < 4.78 is 5.03. The van der Waals surface area contributed by atoms with Gasteiger partial charge in [-0.05, 0) is 12.0 Å². The van der Waals surface area contributed by atoms with Crippen LogP contribution in [0, 0.1) is 17.2 Å². The van der Waals surface area contributed by atoms with E-state index in [0.717, 1.165) is 19.6 Å². The highest BCUT2D eigenvalue weighted by Crippen LogP contribution is 2.08. The molecule has 3 heteroatoms. The molecule has 3 nitrogen and oxygen atoms in total. The maximum atomic E-state index is 8.58. The van der Waals surface area contributed by atoms with Crippen LogP contribution >= 0.6 is 0 Å². The molecule has 1 aromatic rings. The maximum absolute atomic E-state index is 8.58. The summed E-state index contributed by atoms with van der Waals surface area (Å²) in [6.07, 6.45) is 4.04. The molecule has 0 aliphatic carbocycles. The molecular weight excluding hydrogens is 188 g/mol. The van der Waals surface area contributed by atoms with Crippen LogP contribution in [0.4, 0.5) is 0 Å². The Hall–Kier alpha value is -1.27. The number of rotatable bonds is 6. The molecule has 0 amide bonds. The van der Waals surface area contributed by atoms with E-state index in [4.69, 9.17) is 9.68 Å². The van der Waals surface area contributed by atoms with Gasteiger partial charge in [-0.25, -0.2) is 0 Å². The van der Waals surface area contributed by atoms with Gasteiger partial charge in [-0.2, -0.15) is 5.26 Å². The fourth-order valence-electron chi connectivity index (χ4n) is 1.60. The van der Waals surface area contributed by atoms with Crippen molar-refractivity contribution < 1.29 is 4.42 Å². The molecule has 0 spiro atoms. The first-order chi connectivity index (χ1) is 7.22. The van der Waals surface area contributed by atoms with Gasteiger partial charge >= 0.3 is 0 Å². The smallest absolute Gasteiger partial charge is 0.0947 e. The molecule has 0 aliphatic heterocycles. The Bertz CT molecular complexity index is 298. The lowest BCUT2D eigenvalue weighted by Crippen LogP contribution is -2.28. The second kappa shape index (κ2) is 6.26. The standard InChI is InChI=1S/C12H18N2O/c1-11(2)8-14(6-3-5-13)9-12-4-7-15-10-12/h4,7,10-11H,3,6,8-9H2,1-2H3. The number of hydrogen-bond donors (Lipinski definition) is 0.